The molecule has 36 heavy (non-hydrogen) atoms. The van der Waals surface area contributed by atoms with E-state index in [1.807, 2.05) is 45.0 Å². The lowest BCUT2D eigenvalue weighted by Gasteiger charge is -2.09. The SMILES string of the molecule is CC.CC(N)=O.Cc1cccc(-c2noc(-c3cnn(C)c3COc3ccc(C(F)(F)F)cn3)n2)c1. The Morgan fingerprint density at radius 1 is 1.17 bits per heavy atom. The van der Waals surface area contributed by atoms with Crippen LogP contribution in [0.2, 0.25) is 0 Å². The second-order valence-electron chi connectivity index (χ2n) is 7.20. The van der Waals surface area contributed by atoms with Crippen LogP contribution in [0.4, 0.5) is 13.2 Å². The number of ether oxygens (including phenoxy) is 1. The first-order valence-corrected chi connectivity index (χ1v) is 10.9. The molecule has 0 saturated heterocycles. The van der Waals surface area contributed by atoms with E-state index in [9.17, 15) is 18.0 Å². The van der Waals surface area contributed by atoms with Crippen LogP contribution in [-0.4, -0.2) is 30.8 Å². The molecule has 0 spiro atoms. The molecule has 2 N–H and O–H groups in total. The minimum Gasteiger partial charge on any atom is -0.471 e. The van der Waals surface area contributed by atoms with Crippen LogP contribution in [0.3, 0.4) is 0 Å². The van der Waals surface area contributed by atoms with Crippen LogP contribution in [0, 0.1) is 6.92 Å². The number of amides is 1. The second-order valence-corrected chi connectivity index (χ2v) is 7.20. The van der Waals surface area contributed by atoms with Gasteiger partial charge in [0.25, 0.3) is 5.89 Å². The van der Waals surface area contributed by atoms with Gasteiger partial charge in [0, 0.05) is 31.8 Å². The van der Waals surface area contributed by atoms with Crippen molar-refractivity contribution in [3.63, 3.8) is 0 Å². The zero-order chi connectivity index (χ0) is 26.9. The van der Waals surface area contributed by atoms with Crippen LogP contribution < -0.4 is 10.5 Å². The first-order valence-electron chi connectivity index (χ1n) is 10.9. The number of pyridine rings is 1. The first-order chi connectivity index (χ1) is 17.0. The molecular weight excluding hydrogens is 477 g/mol. The van der Waals surface area contributed by atoms with Crippen molar-refractivity contribution >= 4 is 5.91 Å². The molecular formula is C24H27F3N6O3. The Kier molecular flexibility index (Phi) is 9.71. The van der Waals surface area contributed by atoms with Gasteiger partial charge < -0.3 is 15.0 Å². The summed E-state index contributed by atoms with van der Waals surface area (Å²) >= 11 is 0. The molecule has 4 aromatic rings. The molecule has 1 aromatic carbocycles. The fourth-order valence-corrected chi connectivity index (χ4v) is 2.82. The van der Waals surface area contributed by atoms with Gasteiger partial charge in [-0.05, 0) is 19.1 Å². The number of hydrogen-bond donors (Lipinski definition) is 1. The Hall–Kier alpha value is -4.22. The average molecular weight is 505 g/mol. The standard InChI is InChI=1S/C20H16F3N5O2.C2H5NO.C2H6/c1-12-4-3-5-13(8-12)18-26-19(30-27-18)15-10-25-28(2)16(15)11-29-17-7-6-14(9-24-17)20(21,22)23;1-2(3)4;1-2/h3-10H,11H2,1-2H3;1H3,(H2,3,4);1-2H3. The molecule has 0 fully saturated rings. The highest BCUT2D eigenvalue weighted by atomic mass is 19.4. The number of primary amides is 1. The fraction of sp³-hybridized carbons (Fsp3) is 0.292. The molecule has 0 radical (unpaired) electrons. The molecule has 0 unspecified atom stereocenters. The van der Waals surface area contributed by atoms with Gasteiger partial charge in [-0.2, -0.15) is 23.3 Å². The van der Waals surface area contributed by atoms with Gasteiger partial charge in [0.2, 0.25) is 17.6 Å². The zero-order valence-electron chi connectivity index (χ0n) is 20.5. The van der Waals surface area contributed by atoms with Gasteiger partial charge in [0.05, 0.1) is 23.0 Å². The van der Waals surface area contributed by atoms with Gasteiger partial charge in [0.15, 0.2) is 0 Å². The van der Waals surface area contributed by atoms with Crippen molar-refractivity contribution in [3.8, 4) is 28.7 Å². The van der Waals surface area contributed by atoms with Crippen LogP contribution in [0.25, 0.3) is 22.8 Å². The summed E-state index contributed by atoms with van der Waals surface area (Å²) < 4.78 is 50.5. The van der Waals surface area contributed by atoms with Crippen LogP contribution >= 0.6 is 0 Å². The maximum Gasteiger partial charge on any atom is 0.417 e. The van der Waals surface area contributed by atoms with E-state index in [1.54, 1.807) is 17.9 Å². The summed E-state index contributed by atoms with van der Waals surface area (Å²) in [4.78, 5) is 17.4. The van der Waals surface area contributed by atoms with Crippen molar-refractivity contribution in [2.75, 3.05) is 0 Å². The minimum atomic E-state index is -4.45. The van der Waals surface area contributed by atoms with E-state index in [-0.39, 0.29) is 24.3 Å². The van der Waals surface area contributed by atoms with Crippen molar-refractivity contribution in [3.05, 3.63) is 65.6 Å². The number of aryl methyl sites for hydroxylation is 2. The summed E-state index contributed by atoms with van der Waals surface area (Å²) in [5, 5.41) is 8.21. The van der Waals surface area contributed by atoms with Crippen LogP contribution in [0.5, 0.6) is 5.88 Å². The van der Waals surface area contributed by atoms with Crippen molar-refractivity contribution in [1.82, 2.24) is 24.9 Å². The summed E-state index contributed by atoms with van der Waals surface area (Å²) in [6, 6.07) is 9.78. The van der Waals surface area contributed by atoms with Crippen molar-refractivity contribution < 1.29 is 27.2 Å². The van der Waals surface area contributed by atoms with Crippen LogP contribution in [0.15, 0.2) is 53.3 Å². The second kappa shape index (κ2) is 12.5. The lowest BCUT2D eigenvalue weighted by Crippen LogP contribution is -2.07. The molecule has 9 nitrogen and oxygen atoms in total. The number of carbonyl (C=O) groups excluding carboxylic acids is 1. The molecule has 0 aliphatic carbocycles. The number of nitrogens with zero attached hydrogens (tertiary/aromatic N) is 5. The number of rotatable bonds is 5. The Labute approximate surface area is 206 Å². The normalized spacial score (nSPS) is 10.6. The molecule has 0 aliphatic heterocycles. The number of hydrogen-bond acceptors (Lipinski definition) is 7. The molecule has 0 bridgehead atoms. The summed E-state index contributed by atoms with van der Waals surface area (Å²) in [6.45, 7) is 7.28. The van der Waals surface area contributed by atoms with Gasteiger partial charge in [-0.15, -0.1) is 0 Å². The van der Waals surface area contributed by atoms with Gasteiger partial charge in [-0.1, -0.05) is 42.8 Å². The van der Waals surface area contributed by atoms with E-state index in [0.717, 1.165) is 23.4 Å². The zero-order valence-corrected chi connectivity index (χ0v) is 20.5. The number of alkyl halides is 3. The Balaban J connectivity index is 0.000000694. The third-order valence-corrected chi connectivity index (χ3v) is 4.41. The first kappa shape index (κ1) is 28.0. The summed E-state index contributed by atoms with van der Waals surface area (Å²) in [6.07, 6.45) is -2.16. The average Bonchev–Trinajstić information content (AvgIpc) is 3.45. The topological polar surface area (TPSA) is 122 Å². The van der Waals surface area contributed by atoms with E-state index in [0.29, 0.717) is 17.1 Å². The van der Waals surface area contributed by atoms with Crippen molar-refractivity contribution in [2.24, 2.45) is 12.8 Å². The molecule has 0 saturated carbocycles. The molecule has 192 valence electrons. The highest BCUT2D eigenvalue weighted by molar-refractivity contribution is 5.70. The number of benzene rings is 1. The van der Waals surface area contributed by atoms with E-state index in [4.69, 9.17) is 9.26 Å². The number of nitrogens with two attached hydrogens (primary N) is 1. The van der Waals surface area contributed by atoms with E-state index in [1.165, 1.54) is 13.0 Å². The Morgan fingerprint density at radius 2 is 1.86 bits per heavy atom. The fourth-order valence-electron chi connectivity index (χ4n) is 2.82. The van der Waals surface area contributed by atoms with Gasteiger partial charge in [0.1, 0.15) is 6.61 Å². The quantitative estimate of drug-likeness (QED) is 0.408. The van der Waals surface area contributed by atoms with Gasteiger partial charge in [-0.3, -0.25) is 9.48 Å². The predicted molar refractivity (Wildman–Crippen MR) is 126 cm³/mol. The predicted octanol–water partition coefficient (Wildman–Crippen LogP) is 4.96. The monoisotopic (exact) mass is 504 g/mol. The van der Waals surface area contributed by atoms with Crippen molar-refractivity contribution in [2.45, 2.75) is 40.5 Å². The molecule has 12 heteroatoms. The molecule has 1 amide bonds. The minimum absolute atomic E-state index is 0.00631. The van der Waals surface area contributed by atoms with E-state index >= 15 is 0 Å². The van der Waals surface area contributed by atoms with E-state index < -0.39 is 11.7 Å². The summed E-state index contributed by atoms with van der Waals surface area (Å²) in [7, 11) is 1.71. The maximum atomic E-state index is 12.7. The molecule has 0 aliphatic rings. The molecule has 4 rings (SSSR count). The lowest BCUT2D eigenvalue weighted by atomic mass is 10.1. The smallest absolute Gasteiger partial charge is 0.417 e. The highest BCUT2D eigenvalue weighted by Crippen LogP contribution is 2.30. The Morgan fingerprint density at radius 3 is 2.44 bits per heavy atom. The summed E-state index contributed by atoms with van der Waals surface area (Å²) in [5.74, 6) is 0.425. The number of halogens is 3. The van der Waals surface area contributed by atoms with Gasteiger partial charge in [-0.25, -0.2) is 4.98 Å². The van der Waals surface area contributed by atoms with Crippen molar-refractivity contribution in [1.29, 1.82) is 0 Å². The lowest BCUT2D eigenvalue weighted by molar-refractivity contribution is -0.137. The maximum absolute atomic E-state index is 12.7. The molecule has 0 atom stereocenters. The van der Waals surface area contributed by atoms with Crippen LogP contribution in [0.1, 0.15) is 37.6 Å². The number of aromatic nitrogens is 5. The third kappa shape index (κ3) is 7.65. The van der Waals surface area contributed by atoms with E-state index in [2.05, 4.69) is 26.0 Å². The highest BCUT2D eigenvalue weighted by Gasteiger charge is 2.30. The molecule has 3 heterocycles. The largest absolute Gasteiger partial charge is 0.471 e. The van der Waals surface area contributed by atoms with Crippen LogP contribution in [-0.2, 0) is 24.6 Å². The third-order valence-electron chi connectivity index (χ3n) is 4.41. The molecule has 3 aromatic heterocycles. The summed E-state index contributed by atoms with van der Waals surface area (Å²) in [5.41, 5.74) is 6.69. The van der Waals surface area contributed by atoms with Gasteiger partial charge >= 0.3 is 6.18 Å². The Bertz CT molecular complexity index is 1260. The number of carbonyl (C=O) groups is 1.